The number of Topliss-reactive ketones (excluding diaryl/α,β-unsaturated/α-hetero) is 2. The van der Waals surface area contributed by atoms with Gasteiger partial charge in [0.1, 0.15) is 21.3 Å². The van der Waals surface area contributed by atoms with Crippen molar-refractivity contribution in [1.82, 2.24) is 0 Å². The van der Waals surface area contributed by atoms with Crippen LogP contribution in [0.4, 0.5) is 22.7 Å². The van der Waals surface area contributed by atoms with Gasteiger partial charge in [-0.15, -0.1) is 0 Å². The number of carbonyl (C=O) groups excluding carboxylic acids is 2. The number of nitrogens with zero attached hydrogens (tertiary/aromatic N) is 2. The molecule has 0 spiro atoms. The van der Waals surface area contributed by atoms with Crippen molar-refractivity contribution in [3.8, 4) is 22.6 Å². The predicted molar refractivity (Wildman–Crippen MR) is 216 cm³/mol. The molecular formula is C34H28N6NaO16S4+. The van der Waals surface area contributed by atoms with Gasteiger partial charge in [-0.1, -0.05) is 12.1 Å². The van der Waals surface area contributed by atoms with E-state index in [1.54, 1.807) is 12.1 Å². The Hall–Kier alpha value is -5.52. The van der Waals surface area contributed by atoms with E-state index < -0.39 is 94.4 Å². The minimum atomic E-state index is -5.15. The average Bonchev–Trinajstić information content (AvgIpc) is 3.14. The van der Waals surface area contributed by atoms with Crippen LogP contribution in [-0.2, 0) is 40.5 Å². The number of ether oxygens (including phenoxy) is 2. The topological polar surface area (TPSA) is 371 Å². The molecular weight excluding hydrogens is 900 g/mol. The van der Waals surface area contributed by atoms with Gasteiger partial charge in [0.25, 0.3) is 40.5 Å². The Bertz CT molecular complexity index is 2970. The third-order valence-corrected chi connectivity index (χ3v) is 12.1. The minimum Gasteiger partial charge on any atom is -0.494 e. The molecule has 0 amide bonds. The van der Waals surface area contributed by atoms with E-state index in [0.717, 1.165) is 36.4 Å². The number of carbonyl (C=O) groups is 2. The number of anilines is 4. The van der Waals surface area contributed by atoms with E-state index in [4.69, 9.17) is 20.9 Å². The van der Waals surface area contributed by atoms with Crippen LogP contribution in [0.5, 0.6) is 11.5 Å². The molecule has 314 valence electrons. The number of nitrogen functional groups attached to an aromatic ring is 2. The van der Waals surface area contributed by atoms with Crippen LogP contribution in [0.15, 0.2) is 90.5 Å². The van der Waals surface area contributed by atoms with Gasteiger partial charge in [0, 0.05) is 11.4 Å². The van der Waals surface area contributed by atoms with Crippen LogP contribution in [-0.4, -0.2) is 89.1 Å². The van der Waals surface area contributed by atoms with E-state index in [0.29, 0.717) is 11.1 Å². The summed E-state index contributed by atoms with van der Waals surface area (Å²) in [6.07, 6.45) is 1.51. The molecule has 0 saturated heterocycles. The van der Waals surface area contributed by atoms with E-state index in [-0.39, 0.29) is 74.7 Å². The Balaban J connectivity index is 0.00000704. The maximum absolute atomic E-state index is 13.5. The Morgan fingerprint density at radius 3 is 1.18 bits per heavy atom. The van der Waals surface area contributed by atoms with Crippen LogP contribution < -0.4 is 61.3 Å². The largest absolute Gasteiger partial charge is 1.00 e. The zero-order chi connectivity index (χ0) is 44.3. The first-order valence-corrected chi connectivity index (χ1v) is 21.9. The van der Waals surface area contributed by atoms with Crippen LogP contribution in [0.2, 0.25) is 0 Å². The van der Waals surface area contributed by atoms with Crippen LogP contribution >= 0.6 is 0 Å². The van der Waals surface area contributed by atoms with Crippen molar-refractivity contribution in [2.75, 3.05) is 36.5 Å². The maximum atomic E-state index is 13.5. The molecule has 22 nitrogen and oxygen atoms in total. The number of rotatable bonds is 11. The Morgan fingerprint density at radius 1 is 0.541 bits per heavy atom. The first kappa shape index (κ1) is 46.5. The van der Waals surface area contributed by atoms with Crippen LogP contribution in [0.25, 0.3) is 23.3 Å². The number of hydrazone groups is 2. The van der Waals surface area contributed by atoms with E-state index in [9.17, 15) is 61.5 Å². The van der Waals surface area contributed by atoms with Gasteiger partial charge in [-0.25, -0.2) is 0 Å². The zero-order valence-corrected chi connectivity index (χ0v) is 36.6. The van der Waals surface area contributed by atoms with Crippen molar-refractivity contribution in [3.05, 3.63) is 92.7 Å². The van der Waals surface area contributed by atoms with Crippen molar-refractivity contribution in [3.63, 3.8) is 0 Å². The SMILES string of the molecule is COc1cc(-c2ccc(NN=C3C(=O)c4c(N)cc(S(=O)(=O)O)cc4C=C3S(=O)(=O)O)c(OC)c2)ccc1NN=C1C(=O)c2c(N)cc(S(=O)(=O)O)cc2C=C1S(=O)(=O)O.[Na+]. The summed E-state index contributed by atoms with van der Waals surface area (Å²) in [6.45, 7) is 0. The van der Waals surface area contributed by atoms with Crippen molar-refractivity contribution in [2.45, 2.75) is 9.79 Å². The average molecular weight is 928 g/mol. The first-order valence-electron chi connectivity index (χ1n) is 16.2. The first-order chi connectivity index (χ1) is 27.8. The van der Waals surface area contributed by atoms with E-state index in [1.807, 2.05) is 0 Å². The summed E-state index contributed by atoms with van der Waals surface area (Å²) in [7, 11) is -17.4. The standard InChI is InChI=1S/C34H28N6O16S4.Na/c1-55-25-9-15(3-5-23(25)37-39-31-27(59(49,50)51)11-17-7-19(57(43,44)45)13-21(35)29(17)33(31)41)16-4-6-24(26(10-16)56-2)38-40-32-28(60(52,53)54)12-18-8-20(58(46,47)48)14-22(36)30(18)34(32)42;/h3-14,37-38H,35-36H2,1-2H3,(H,43,44,45)(H,46,47,48)(H,49,50,51)(H,52,53,54);/q;+1. The van der Waals surface area contributed by atoms with Crippen LogP contribution in [0, 0.1) is 0 Å². The van der Waals surface area contributed by atoms with Gasteiger partial charge in [-0.2, -0.15) is 43.9 Å². The monoisotopic (exact) mass is 927 g/mol. The quantitative estimate of drug-likeness (QED) is 0.0418. The Labute approximate surface area is 368 Å². The predicted octanol–water partition coefficient (Wildman–Crippen LogP) is -0.181. The molecule has 0 bridgehead atoms. The van der Waals surface area contributed by atoms with Crippen molar-refractivity contribution in [2.24, 2.45) is 10.2 Å². The van der Waals surface area contributed by atoms with Gasteiger partial charge in [0.2, 0.25) is 11.6 Å². The molecule has 6 rings (SSSR count). The number of hydrogen-bond acceptors (Lipinski definition) is 18. The van der Waals surface area contributed by atoms with Crippen LogP contribution in [0.1, 0.15) is 31.8 Å². The van der Waals surface area contributed by atoms with Crippen LogP contribution in [0.3, 0.4) is 0 Å². The second-order valence-corrected chi connectivity index (χ2v) is 18.1. The van der Waals surface area contributed by atoms with Gasteiger partial charge in [-0.3, -0.25) is 38.7 Å². The number of ketones is 2. The van der Waals surface area contributed by atoms with Crippen molar-refractivity contribution >= 4 is 98.4 Å². The fraction of sp³-hybridized carbons (Fsp3) is 0.0588. The minimum absolute atomic E-state index is 0. The molecule has 0 atom stereocenters. The third-order valence-electron chi connectivity index (χ3n) is 8.73. The summed E-state index contributed by atoms with van der Waals surface area (Å²) in [5, 5.41) is 7.81. The molecule has 10 N–H and O–H groups in total. The van der Waals surface area contributed by atoms with Gasteiger partial charge in [0.15, 0.2) is 11.4 Å². The fourth-order valence-electron chi connectivity index (χ4n) is 6.01. The molecule has 27 heteroatoms. The molecule has 4 aromatic rings. The van der Waals surface area contributed by atoms with Crippen molar-refractivity contribution < 1.29 is 101 Å². The molecule has 0 fully saturated rings. The molecule has 2 aliphatic rings. The number of nitrogens with two attached hydrogens (primary N) is 2. The summed E-state index contributed by atoms with van der Waals surface area (Å²) < 4.78 is 146. The molecule has 61 heavy (non-hydrogen) atoms. The third kappa shape index (κ3) is 9.38. The number of allylic oxidation sites excluding steroid dienone is 2. The van der Waals surface area contributed by atoms with Gasteiger partial charge < -0.3 is 20.9 Å². The number of benzene rings is 4. The van der Waals surface area contributed by atoms with Crippen molar-refractivity contribution in [1.29, 1.82) is 0 Å². The Kier molecular flexibility index (Phi) is 12.8. The van der Waals surface area contributed by atoms with E-state index in [2.05, 4.69) is 21.1 Å². The second-order valence-electron chi connectivity index (χ2n) is 12.5. The molecule has 0 heterocycles. The van der Waals surface area contributed by atoms with E-state index in [1.165, 1.54) is 38.5 Å². The Morgan fingerprint density at radius 2 is 0.885 bits per heavy atom. The van der Waals surface area contributed by atoms with E-state index >= 15 is 0 Å². The summed E-state index contributed by atoms with van der Waals surface area (Å²) in [5.41, 5.74) is 14.0. The molecule has 0 radical (unpaired) electrons. The molecule has 0 unspecified atom stereocenters. The smallest absolute Gasteiger partial charge is 0.494 e. The normalized spacial score (nSPS) is 15.6. The number of nitrogens with one attached hydrogen (secondary N) is 2. The fourth-order valence-corrected chi connectivity index (χ4v) is 8.43. The number of fused-ring (bicyclic) bond motifs is 2. The second kappa shape index (κ2) is 16.7. The zero-order valence-electron chi connectivity index (χ0n) is 31.3. The molecule has 0 aromatic heterocycles. The van der Waals surface area contributed by atoms with Gasteiger partial charge in [-0.05, 0) is 82.9 Å². The molecule has 0 aliphatic heterocycles. The molecule has 4 aromatic carbocycles. The number of hydrogen-bond donors (Lipinski definition) is 8. The number of methoxy groups -OCH3 is 2. The summed E-state index contributed by atoms with van der Waals surface area (Å²) >= 11 is 0. The van der Waals surface area contributed by atoms with Gasteiger partial charge in [0.05, 0.1) is 46.5 Å². The summed E-state index contributed by atoms with van der Waals surface area (Å²) in [4.78, 5) is 23.4. The summed E-state index contributed by atoms with van der Waals surface area (Å²) in [5.74, 6) is -2.05. The molecule has 2 aliphatic carbocycles. The molecule has 0 saturated carbocycles. The van der Waals surface area contributed by atoms with Gasteiger partial charge >= 0.3 is 29.6 Å². The maximum Gasteiger partial charge on any atom is 1.00 e. The summed E-state index contributed by atoms with van der Waals surface area (Å²) in [6, 6.07) is 12.1.